The fourth-order valence-corrected chi connectivity index (χ4v) is 5.92. The molecule has 0 fully saturated rings. The summed E-state index contributed by atoms with van der Waals surface area (Å²) < 4.78 is 42.4. The number of aromatic nitrogens is 1. The highest BCUT2D eigenvalue weighted by Gasteiger charge is 2.26. The monoisotopic (exact) mass is 434 g/mol. The molecule has 0 saturated heterocycles. The first-order chi connectivity index (χ1) is 13.5. The van der Waals surface area contributed by atoms with Gasteiger partial charge in [-0.25, -0.2) is 16.8 Å². The van der Waals surface area contributed by atoms with E-state index in [0.29, 0.717) is 22.5 Å². The van der Waals surface area contributed by atoms with Crippen LogP contribution in [0.15, 0.2) is 52.3 Å². The van der Waals surface area contributed by atoms with Crippen LogP contribution < -0.4 is 0 Å². The second-order valence-electron chi connectivity index (χ2n) is 7.75. The maximum Gasteiger partial charge on any atom is 0.268 e. The number of halogens is 1. The third kappa shape index (κ3) is 4.09. The van der Waals surface area contributed by atoms with Gasteiger partial charge in [-0.1, -0.05) is 26.0 Å². The normalized spacial score (nSPS) is 13.6. The van der Waals surface area contributed by atoms with Gasteiger partial charge in [0.05, 0.1) is 15.8 Å². The smallest absolute Gasteiger partial charge is 0.268 e. The Bertz CT molecular complexity index is 1130. The van der Waals surface area contributed by atoms with Crippen LogP contribution in [0.2, 0.25) is 0 Å². The lowest BCUT2D eigenvalue weighted by atomic mass is 10.0. The molecule has 156 valence electrons. The van der Waals surface area contributed by atoms with Crippen molar-refractivity contribution in [3.05, 3.63) is 59.5 Å². The van der Waals surface area contributed by atoms with Crippen molar-refractivity contribution in [1.82, 2.24) is 8.87 Å². The SMILES string of the molecule is Cc1c(SC(C)N(C)C)c2cc(F)ccc2n1S(=O)(=O)c1ccc(C(C)C)cc1. The molecule has 4 nitrogen and oxygen atoms in total. The van der Waals surface area contributed by atoms with E-state index >= 15 is 0 Å². The first kappa shape index (κ1) is 21.9. The molecule has 2 aromatic carbocycles. The van der Waals surface area contributed by atoms with Crippen molar-refractivity contribution in [1.29, 1.82) is 0 Å². The van der Waals surface area contributed by atoms with E-state index < -0.39 is 10.0 Å². The molecule has 3 aromatic rings. The van der Waals surface area contributed by atoms with Crippen LogP contribution in [0.5, 0.6) is 0 Å². The summed E-state index contributed by atoms with van der Waals surface area (Å²) in [6.45, 7) is 7.95. The van der Waals surface area contributed by atoms with E-state index in [4.69, 9.17) is 0 Å². The fraction of sp³-hybridized carbons (Fsp3) is 0.364. The van der Waals surface area contributed by atoms with Crippen LogP contribution in [-0.2, 0) is 10.0 Å². The summed E-state index contributed by atoms with van der Waals surface area (Å²) in [7, 11) is 0.0968. The third-order valence-corrected chi connectivity index (χ3v) is 8.49. The molecule has 29 heavy (non-hydrogen) atoms. The largest absolute Gasteiger partial charge is 0.298 e. The van der Waals surface area contributed by atoms with Crippen molar-refractivity contribution in [3.8, 4) is 0 Å². The van der Waals surface area contributed by atoms with Crippen molar-refractivity contribution in [2.75, 3.05) is 14.1 Å². The van der Waals surface area contributed by atoms with E-state index in [1.165, 1.54) is 27.9 Å². The quantitative estimate of drug-likeness (QED) is 0.382. The summed E-state index contributed by atoms with van der Waals surface area (Å²) in [4.78, 5) is 3.04. The van der Waals surface area contributed by atoms with Crippen LogP contribution in [0.25, 0.3) is 10.9 Å². The fourth-order valence-electron chi connectivity index (χ4n) is 3.20. The van der Waals surface area contributed by atoms with Gasteiger partial charge >= 0.3 is 0 Å². The van der Waals surface area contributed by atoms with Gasteiger partial charge in [0.2, 0.25) is 0 Å². The lowest BCUT2D eigenvalue weighted by molar-refractivity contribution is 0.402. The number of benzene rings is 2. The lowest BCUT2D eigenvalue weighted by Gasteiger charge is -2.19. The average Bonchev–Trinajstić information content (AvgIpc) is 2.93. The van der Waals surface area contributed by atoms with E-state index in [-0.39, 0.29) is 16.1 Å². The molecular formula is C22H27FN2O2S2. The van der Waals surface area contributed by atoms with Crippen LogP contribution in [-0.4, -0.2) is 36.8 Å². The summed E-state index contributed by atoms with van der Waals surface area (Å²) in [5, 5.41) is 0.715. The van der Waals surface area contributed by atoms with E-state index in [0.717, 1.165) is 10.5 Å². The summed E-state index contributed by atoms with van der Waals surface area (Å²) in [5.41, 5.74) is 2.17. The van der Waals surface area contributed by atoms with Gasteiger partial charge in [-0.2, -0.15) is 0 Å². The highest BCUT2D eigenvalue weighted by Crippen LogP contribution is 2.39. The van der Waals surface area contributed by atoms with E-state index in [1.54, 1.807) is 25.1 Å². The summed E-state index contributed by atoms with van der Waals surface area (Å²) in [6.07, 6.45) is 0. The van der Waals surface area contributed by atoms with Gasteiger partial charge in [-0.3, -0.25) is 4.90 Å². The first-order valence-corrected chi connectivity index (χ1v) is 11.8. The molecule has 0 spiro atoms. The zero-order valence-corrected chi connectivity index (χ0v) is 19.2. The number of nitrogens with zero attached hydrogens (tertiary/aromatic N) is 2. The molecule has 0 saturated carbocycles. The zero-order chi connectivity index (χ0) is 21.5. The molecule has 1 unspecified atom stereocenters. The van der Waals surface area contributed by atoms with Crippen molar-refractivity contribution >= 4 is 32.7 Å². The summed E-state index contributed by atoms with van der Waals surface area (Å²) in [5.74, 6) is -0.0629. The Morgan fingerprint density at radius 3 is 2.21 bits per heavy atom. The predicted octanol–water partition coefficient (Wildman–Crippen LogP) is 5.45. The molecule has 0 bridgehead atoms. The topological polar surface area (TPSA) is 42.3 Å². The summed E-state index contributed by atoms with van der Waals surface area (Å²) in [6, 6.07) is 11.3. The highest BCUT2D eigenvalue weighted by atomic mass is 32.2. The van der Waals surface area contributed by atoms with Crippen molar-refractivity contribution in [3.63, 3.8) is 0 Å². The molecule has 0 N–H and O–H groups in total. The van der Waals surface area contributed by atoms with Crippen molar-refractivity contribution in [2.24, 2.45) is 0 Å². The highest BCUT2D eigenvalue weighted by molar-refractivity contribution is 8.00. The lowest BCUT2D eigenvalue weighted by Crippen LogP contribution is -2.21. The van der Waals surface area contributed by atoms with Gasteiger partial charge in [-0.05, 0) is 69.8 Å². The number of hydrogen-bond acceptors (Lipinski definition) is 4. The Morgan fingerprint density at radius 2 is 1.66 bits per heavy atom. The van der Waals surface area contributed by atoms with Gasteiger partial charge in [0.15, 0.2) is 0 Å². The Balaban J connectivity index is 2.22. The Hall–Kier alpha value is -1.83. The maximum absolute atomic E-state index is 14.0. The number of hydrogen-bond donors (Lipinski definition) is 0. The van der Waals surface area contributed by atoms with Gasteiger partial charge in [-0.15, -0.1) is 11.8 Å². The minimum absolute atomic E-state index is 0.101. The zero-order valence-electron chi connectivity index (χ0n) is 17.6. The van der Waals surface area contributed by atoms with Crippen molar-refractivity contribution < 1.29 is 12.8 Å². The van der Waals surface area contributed by atoms with Crippen LogP contribution in [0.4, 0.5) is 4.39 Å². The molecule has 1 heterocycles. The molecule has 0 aliphatic rings. The minimum atomic E-state index is -3.82. The average molecular weight is 435 g/mol. The van der Waals surface area contributed by atoms with E-state index in [2.05, 4.69) is 13.8 Å². The van der Waals surface area contributed by atoms with E-state index in [9.17, 15) is 12.8 Å². The molecule has 0 aliphatic carbocycles. The molecule has 0 amide bonds. The summed E-state index contributed by atoms with van der Waals surface area (Å²) >= 11 is 1.53. The van der Waals surface area contributed by atoms with Gasteiger partial charge in [0.1, 0.15) is 5.82 Å². The number of fused-ring (bicyclic) bond motifs is 1. The molecule has 0 aliphatic heterocycles. The third-order valence-electron chi connectivity index (χ3n) is 5.16. The van der Waals surface area contributed by atoms with Gasteiger partial charge in [0.25, 0.3) is 10.0 Å². The first-order valence-electron chi connectivity index (χ1n) is 9.53. The Morgan fingerprint density at radius 1 is 1.03 bits per heavy atom. The molecular weight excluding hydrogens is 407 g/mol. The molecule has 7 heteroatoms. The van der Waals surface area contributed by atoms with Crippen LogP contribution in [0.1, 0.15) is 37.9 Å². The Kier molecular flexibility index (Phi) is 6.13. The second-order valence-corrected chi connectivity index (χ2v) is 10.9. The second kappa shape index (κ2) is 8.13. The van der Waals surface area contributed by atoms with Crippen LogP contribution >= 0.6 is 11.8 Å². The maximum atomic E-state index is 14.0. The van der Waals surface area contributed by atoms with Gasteiger partial charge < -0.3 is 0 Å². The van der Waals surface area contributed by atoms with Gasteiger partial charge in [0, 0.05) is 16.0 Å². The minimum Gasteiger partial charge on any atom is -0.298 e. The number of rotatable bonds is 6. The van der Waals surface area contributed by atoms with E-state index in [1.807, 2.05) is 38.1 Å². The standard InChI is InChI=1S/C22H27FN2O2S2/c1-14(2)17-7-10-19(11-8-17)29(26,27)25-15(3)22(28-16(4)24(5)6)20-13-18(23)9-12-21(20)25/h7-14,16H,1-6H3. The molecule has 3 rings (SSSR count). The number of thioether (sulfide) groups is 1. The molecule has 1 atom stereocenters. The predicted molar refractivity (Wildman–Crippen MR) is 119 cm³/mol. The Labute approximate surface area is 176 Å². The van der Waals surface area contributed by atoms with Crippen LogP contribution in [0.3, 0.4) is 0 Å². The van der Waals surface area contributed by atoms with Crippen LogP contribution in [0, 0.1) is 12.7 Å². The van der Waals surface area contributed by atoms with Crippen molar-refractivity contribution in [2.45, 2.75) is 48.8 Å². The molecule has 0 radical (unpaired) electrons. The molecule has 1 aromatic heterocycles.